The van der Waals surface area contributed by atoms with Crippen molar-refractivity contribution >= 4 is 6.21 Å². The molecule has 0 N–H and O–H groups in total. The number of hydrogen-bond donors (Lipinski definition) is 0. The molecular formula is C5H6N2. The normalized spacial score (nSPS) is 33.1. The van der Waals surface area contributed by atoms with E-state index in [1.54, 1.807) is 0 Å². The molecule has 0 amide bonds. The summed E-state index contributed by atoms with van der Waals surface area (Å²) in [5.74, 6) is 0. The molecule has 0 aromatic rings. The zero-order valence-corrected chi connectivity index (χ0v) is 3.91. The average molecular weight is 94.1 g/mol. The zero-order valence-electron chi connectivity index (χ0n) is 3.91. The first-order chi connectivity index (χ1) is 3.47. The summed E-state index contributed by atoms with van der Waals surface area (Å²) in [5, 5.41) is 0. The highest BCUT2D eigenvalue weighted by atomic mass is 15.4. The zero-order chi connectivity index (χ0) is 4.69. The van der Waals surface area contributed by atoms with Crippen molar-refractivity contribution in [3.05, 3.63) is 12.3 Å². The lowest BCUT2D eigenvalue weighted by atomic mass is 10.6. The predicted molar refractivity (Wildman–Crippen MR) is 28.1 cm³/mol. The molecule has 1 fully saturated rings. The Kier molecular flexibility index (Phi) is 0.410. The van der Waals surface area contributed by atoms with Gasteiger partial charge < -0.3 is 4.90 Å². The van der Waals surface area contributed by atoms with Crippen LogP contribution in [0, 0.1) is 0 Å². The molecule has 0 aliphatic carbocycles. The second-order valence-corrected chi connectivity index (χ2v) is 1.82. The summed E-state index contributed by atoms with van der Waals surface area (Å²) in [5.41, 5.74) is 0. The molecule has 2 aliphatic heterocycles. The van der Waals surface area contributed by atoms with Gasteiger partial charge in [0.15, 0.2) is 0 Å². The Hall–Kier alpha value is -0.790. The first-order valence-electron chi connectivity index (χ1n) is 2.42. The summed E-state index contributed by atoms with van der Waals surface area (Å²) in [6.07, 6.45) is 6.40. The van der Waals surface area contributed by atoms with E-state index in [4.69, 9.17) is 0 Å². The van der Waals surface area contributed by atoms with Crippen molar-refractivity contribution in [3.63, 3.8) is 0 Å². The quantitative estimate of drug-likeness (QED) is 0.392. The van der Waals surface area contributed by atoms with E-state index >= 15 is 0 Å². The number of aliphatic imine (C=N–C) groups is 1. The number of nitrogens with zero attached hydrogens (tertiary/aromatic N) is 2. The van der Waals surface area contributed by atoms with Gasteiger partial charge in [0, 0.05) is 12.4 Å². The molecule has 2 nitrogen and oxygen atoms in total. The van der Waals surface area contributed by atoms with Crippen LogP contribution in [0.2, 0.25) is 0 Å². The van der Waals surface area contributed by atoms with Crippen molar-refractivity contribution in [1.82, 2.24) is 4.90 Å². The monoisotopic (exact) mass is 94.1 g/mol. The largest absolute Gasteiger partial charge is 0.350 e. The smallest absolute Gasteiger partial charge is 0.138 e. The van der Waals surface area contributed by atoms with Gasteiger partial charge in [-0.3, -0.25) is 4.99 Å². The molecule has 0 aromatic carbocycles. The first-order valence-corrected chi connectivity index (χ1v) is 2.42. The van der Waals surface area contributed by atoms with Crippen molar-refractivity contribution in [2.24, 2.45) is 4.99 Å². The molecule has 0 unspecified atom stereocenters. The van der Waals surface area contributed by atoms with Crippen molar-refractivity contribution in [2.45, 2.75) is 6.17 Å². The van der Waals surface area contributed by atoms with Crippen LogP contribution in [0.25, 0.3) is 0 Å². The molecule has 2 heteroatoms. The molecule has 0 spiro atoms. The van der Waals surface area contributed by atoms with Gasteiger partial charge in [0.1, 0.15) is 6.17 Å². The van der Waals surface area contributed by atoms with E-state index in [-0.39, 0.29) is 0 Å². The summed E-state index contributed by atoms with van der Waals surface area (Å²) in [7, 11) is 0. The van der Waals surface area contributed by atoms with Crippen molar-refractivity contribution in [2.75, 3.05) is 6.54 Å². The summed E-state index contributed by atoms with van der Waals surface area (Å²) in [6, 6.07) is 0. The first kappa shape index (κ1) is 3.24. The lowest BCUT2D eigenvalue weighted by Crippen LogP contribution is -1.93. The van der Waals surface area contributed by atoms with E-state index < -0.39 is 0 Å². The van der Waals surface area contributed by atoms with Crippen LogP contribution in [0.15, 0.2) is 17.3 Å². The van der Waals surface area contributed by atoms with E-state index in [0.717, 1.165) is 6.54 Å². The van der Waals surface area contributed by atoms with Gasteiger partial charge in [0.2, 0.25) is 0 Å². The van der Waals surface area contributed by atoms with Gasteiger partial charge >= 0.3 is 0 Å². The van der Waals surface area contributed by atoms with E-state index in [1.807, 2.05) is 12.3 Å². The maximum absolute atomic E-state index is 4.12. The van der Waals surface area contributed by atoms with E-state index in [2.05, 4.69) is 16.1 Å². The van der Waals surface area contributed by atoms with Crippen LogP contribution in [-0.2, 0) is 0 Å². The fourth-order valence-corrected chi connectivity index (χ4v) is 0.732. The van der Waals surface area contributed by atoms with Gasteiger partial charge in [-0.05, 0) is 6.08 Å². The molecule has 36 valence electrons. The van der Waals surface area contributed by atoms with Gasteiger partial charge in [-0.1, -0.05) is 0 Å². The van der Waals surface area contributed by atoms with Crippen LogP contribution < -0.4 is 0 Å². The molecule has 2 aliphatic rings. The summed E-state index contributed by atoms with van der Waals surface area (Å²) in [4.78, 5) is 6.30. The molecule has 0 saturated carbocycles. The van der Waals surface area contributed by atoms with Gasteiger partial charge in [0.05, 0.1) is 6.54 Å². The Morgan fingerprint density at radius 2 is 2.71 bits per heavy atom. The molecule has 0 bridgehead atoms. The van der Waals surface area contributed by atoms with Crippen LogP contribution >= 0.6 is 0 Å². The fourth-order valence-electron chi connectivity index (χ4n) is 0.732. The topological polar surface area (TPSA) is 15.4 Å². The van der Waals surface area contributed by atoms with Gasteiger partial charge in [0.25, 0.3) is 0 Å². The number of allylic oxidation sites excluding steroid dienone is 1. The highest BCUT2D eigenvalue weighted by Crippen LogP contribution is 2.19. The second-order valence-electron chi connectivity index (χ2n) is 1.82. The predicted octanol–water partition coefficient (Wildman–Crippen LogP) is 0.226. The van der Waals surface area contributed by atoms with Crippen molar-refractivity contribution < 1.29 is 0 Å². The van der Waals surface area contributed by atoms with Crippen LogP contribution in [0.5, 0.6) is 0 Å². The molecule has 2 rings (SSSR count). The molecule has 7 heavy (non-hydrogen) atoms. The Bertz CT molecular complexity index is 121. The third-order valence-electron chi connectivity index (χ3n) is 1.25. The van der Waals surface area contributed by atoms with Crippen molar-refractivity contribution in [1.29, 1.82) is 0 Å². The van der Waals surface area contributed by atoms with Crippen LogP contribution in [0.1, 0.15) is 0 Å². The van der Waals surface area contributed by atoms with Gasteiger partial charge in [-0.2, -0.15) is 0 Å². The summed E-state index contributed by atoms with van der Waals surface area (Å²) < 4.78 is 0. The van der Waals surface area contributed by atoms with Crippen LogP contribution in [0.4, 0.5) is 0 Å². The Morgan fingerprint density at radius 3 is 3.29 bits per heavy atom. The lowest BCUT2D eigenvalue weighted by Gasteiger charge is -1.93. The summed E-state index contributed by atoms with van der Waals surface area (Å²) >= 11 is 0. The highest BCUT2D eigenvalue weighted by molar-refractivity contribution is 5.72. The van der Waals surface area contributed by atoms with E-state index in [0.29, 0.717) is 6.17 Å². The van der Waals surface area contributed by atoms with Gasteiger partial charge in [-0.25, -0.2) is 0 Å². The maximum atomic E-state index is 4.12. The fraction of sp³-hybridized carbons (Fsp3) is 0.400. The standard InChI is InChI=1S/C5H6N2/c1-2-6-5-4-7(5)3-1/h1-3,5H,4H2/t5-,7?/m1/s1. The maximum Gasteiger partial charge on any atom is 0.138 e. The SMILES string of the molecule is C1=CN2C[C@@H]2N=C1. The molecule has 1 atom stereocenters. The van der Waals surface area contributed by atoms with Crippen molar-refractivity contribution in [3.8, 4) is 0 Å². The molecule has 1 saturated heterocycles. The molecule has 0 aromatic heterocycles. The average Bonchev–Trinajstić information content (AvgIpc) is 2.41. The third kappa shape index (κ3) is 0.360. The Balaban J connectivity index is 2.28. The van der Waals surface area contributed by atoms with Crippen LogP contribution in [-0.4, -0.2) is 23.8 Å². The minimum atomic E-state index is 0.519. The molecular weight excluding hydrogens is 88.1 g/mol. The summed E-state index contributed by atoms with van der Waals surface area (Å²) in [6.45, 7) is 1.13. The molecule has 0 radical (unpaired) electrons. The van der Waals surface area contributed by atoms with Crippen LogP contribution in [0.3, 0.4) is 0 Å². The third-order valence-corrected chi connectivity index (χ3v) is 1.25. The second kappa shape index (κ2) is 0.886. The minimum Gasteiger partial charge on any atom is -0.350 e. The van der Waals surface area contributed by atoms with E-state index in [1.165, 1.54) is 0 Å². The molecule has 2 heterocycles. The number of fused-ring (bicyclic) bond motifs is 1. The van der Waals surface area contributed by atoms with E-state index in [9.17, 15) is 0 Å². The van der Waals surface area contributed by atoms with Gasteiger partial charge in [-0.15, -0.1) is 0 Å². The Labute approximate surface area is 42.2 Å². The minimum absolute atomic E-state index is 0.519. The number of rotatable bonds is 0. The number of hydrogen-bond acceptors (Lipinski definition) is 2. The Morgan fingerprint density at radius 1 is 1.71 bits per heavy atom. The highest BCUT2D eigenvalue weighted by Gasteiger charge is 2.30. The lowest BCUT2D eigenvalue weighted by molar-refractivity contribution is 0.684.